The van der Waals surface area contributed by atoms with Crippen LogP contribution in [0.1, 0.15) is 44.1 Å². The number of nitrogens with zero attached hydrogens (tertiary/aromatic N) is 2. The van der Waals surface area contributed by atoms with Crippen LogP contribution in [0, 0.1) is 12.8 Å². The zero-order chi connectivity index (χ0) is 20.1. The molecular formula is C21H28N4O3. The highest BCUT2D eigenvalue weighted by Gasteiger charge is 2.32. The van der Waals surface area contributed by atoms with Gasteiger partial charge in [-0.05, 0) is 25.3 Å². The molecule has 7 heteroatoms. The Bertz CT molecular complexity index is 795. The van der Waals surface area contributed by atoms with Gasteiger partial charge < -0.3 is 15.2 Å². The Hall–Kier alpha value is -2.67. The van der Waals surface area contributed by atoms with Crippen molar-refractivity contribution in [2.24, 2.45) is 5.92 Å². The molecule has 0 saturated carbocycles. The van der Waals surface area contributed by atoms with Crippen LogP contribution in [0.2, 0.25) is 0 Å². The second kappa shape index (κ2) is 9.01. The molecule has 0 aliphatic carbocycles. The van der Waals surface area contributed by atoms with E-state index in [-0.39, 0.29) is 23.8 Å². The smallest absolute Gasteiger partial charge is 0.247 e. The van der Waals surface area contributed by atoms with Crippen LogP contribution in [-0.4, -0.2) is 41.0 Å². The molecule has 2 heterocycles. The summed E-state index contributed by atoms with van der Waals surface area (Å²) >= 11 is 0. The summed E-state index contributed by atoms with van der Waals surface area (Å²) in [6.07, 6.45) is 1.64. The Morgan fingerprint density at radius 2 is 1.82 bits per heavy atom. The van der Waals surface area contributed by atoms with Crippen LogP contribution >= 0.6 is 0 Å². The number of nitrogens with one attached hydrogen (secondary N) is 2. The predicted molar refractivity (Wildman–Crippen MR) is 107 cm³/mol. The van der Waals surface area contributed by atoms with Gasteiger partial charge in [-0.25, -0.2) is 0 Å². The van der Waals surface area contributed by atoms with Gasteiger partial charge in [-0.1, -0.05) is 49.3 Å². The van der Waals surface area contributed by atoms with Crippen LogP contribution in [0.15, 0.2) is 40.9 Å². The molecular weight excluding hydrogens is 356 g/mol. The zero-order valence-corrected chi connectivity index (χ0v) is 16.6. The fourth-order valence-electron chi connectivity index (χ4n) is 3.45. The Balaban J connectivity index is 1.70. The molecule has 2 N–H and O–H groups in total. The summed E-state index contributed by atoms with van der Waals surface area (Å²) in [5.74, 6) is 0.990. The fraction of sp³-hybridized carbons (Fsp3) is 0.476. The summed E-state index contributed by atoms with van der Waals surface area (Å²) in [6, 6.07) is 11.2. The largest absolute Gasteiger partial charge is 0.360 e. The molecule has 1 unspecified atom stereocenters. The van der Waals surface area contributed by atoms with Gasteiger partial charge in [-0.2, -0.15) is 0 Å². The molecule has 7 nitrogen and oxygen atoms in total. The number of hydrogen-bond donors (Lipinski definition) is 2. The molecule has 1 aliphatic rings. The lowest BCUT2D eigenvalue weighted by Crippen LogP contribution is -2.48. The van der Waals surface area contributed by atoms with Gasteiger partial charge in [0, 0.05) is 31.1 Å². The number of piperidine rings is 1. The van der Waals surface area contributed by atoms with E-state index in [0.717, 1.165) is 31.5 Å². The Morgan fingerprint density at radius 3 is 2.39 bits per heavy atom. The van der Waals surface area contributed by atoms with Gasteiger partial charge in [0.25, 0.3) is 0 Å². The van der Waals surface area contributed by atoms with Gasteiger partial charge in [0.1, 0.15) is 11.8 Å². The number of hydrogen-bond acceptors (Lipinski definition) is 5. The van der Waals surface area contributed by atoms with E-state index in [2.05, 4.69) is 20.7 Å². The predicted octanol–water partition coefficient (Wildman–Crippen LogP) is 2.90. The number of aryl methyl sites for hydroxylation is 1. The molecule has 1 aliphatic heterocycles. The number of rotatable bonds is 6. The van der Waals surface area contributed by atoms with Gasteiger partial charge >= 0.3 is 0 Å². The first-order valence-electron chi connectivity index (χ1n) is 9.77. The summed E-state index contributed by atoms with van der Waals surface area (Å²) in [6.45, 7) is 7.03. The van der Waals surface area contributed by atoms with E-state index in [1.54, 1.807) is 13.0 Å². The third kappa shape index (κ3) is 4.98. The van der Waals surface area contributed by atoms with Crippen LogP contribution in [-0.2, 0) is 9.59 Å². The lowest BCUT2D eigenvalue weighted by molar-refractivity contribution is -0.126. The quantitative estimate of drug-likeness (QED) is 0.800. The van der Waals surface area contributed by atoms with E-state index < -0.39 is 6.04 Å². The number of amides is 2. The van der Waals surface area contributed by atoms with Crippen molar-refractivity contribution in [3.8, 4) is 0 Å². The van der Waals surface area contributed by atoms with Gasteiger partial charge in [-0.15, -0.1) is 0 Å². The standard InChI is InChI=1S/C21H28N4O3/c1-14(2)20(26)22-17-9-11-25(12-10-17)19(16-7-5-4-6-8-16)21(27)23-18-13-15(3)28-24-18/h4-8,13-14,17,19H,9-12H2,1-3H3,(H,22,26)(H,23,24,27). The second-order valence-electron chi connectivity index (χ2n) is 7.60. The van der Waals surface area contributed by atoms with Gasteiger partial charge in [-0.3, -0.25) is 14.5 Å². The number of carbonyl (C=O) groups is 2. The number of anilines is 1. The van der Waals surface area contributed by atoms with E-state index in [4.69, 9.17) is 4.52 Å². The monoisotopic (exact) mass is 384 g/mol. The molecule has 1 aromatic carbocycles. The molecule has 2 aromatic rings. The first-order chi connectivity index (χ1) is 13.4. The molecule has 1 saturated heterocycles. The van der Waals surface area contributed by atoms with Crippen LogP contribution in [0.3, 0.4) is 0 Å². The minimum absolute atomic E-state index is 0.0215. The SMILES string of the molecule is Cc1cc(NC(=O)C(c2ccccc2)N2CCC(NC(=O)C(C)C)CC2)no1. The van der Waals surface area contributed by atoms with Crippen LogP contribution in [0.25, 0.3) is 0 Å². The third-order valence-corrected chi connectivity index (χ3v) is 5.01. The normalized spacial score (nSPS) is 16.7. The van der Waals surface area contributed by atoms with Crippen molar-refractivity contribution in [3.63, 3.8) is 0 Å². The highest BCUT2D eigenvalue weighted by Crippen LogP contribution is 2.26. The number of carbonyl (C=O) groups excluding carboxylic acids is 2. The number of likely N-dealkylation sites (tertiary alicyclic amines) is 1. The Morgan fingerprint density at radius 1 is 1.14 bits per heavy atom. The van der Waals surface area contributed by atoms with Crippen molar-refractivity contribution < 1.29 is 14.1 Å². The van der Waals surface area contributed by atoms with Crippen LogP contribution < -0.4 is 10.6 Å². The van der Waals surface area contributed by atoms with E-state index in [1.807, 2.05) is 44.2 Å². The molecule has 0 radical (unpaired) electrons. The zero-order valence-electron chi connectivity index (χ0n) is 16.6. The second-order valence-corrected chi connectivity index (χ2v) is 7.60. The molecule has 28 heavy (non-hydrogen) atoms. The van der Waals surface area contributed by atoms with Crippen molar-refractivity contribution in [2.45, 2.75) is 45.7 Å². The maximum Gasteiger partial charge on any atom is 0.247 e. The molecule has 0 bridgehead atoms. The molecule has 1 fully saturated rings. The number of aromatic nitrogens is 1. The van der Waals surface area contributed by atoms with Crippen molar-refractivity contribution in [1.82, 2.24) is 15.4 Å². The van der Waals surface area contributed by atoms with E-state index in [0.29, 0.717) is 11.6 Å². The van der Waals surface area contributed by atoms with E-state index in [9.17, 15) is 9.59 Å². The Kier molecular flexibility index (Phi) is 6.46. The summed E-state index contributed by atoms with van der Waals surface area (Å²) in [5.41, 5.74) is 0.935. The summed E-state index contributed by atoms with van der Waals surface area (Å²) in [5, 5.41) is 9.83. The van der Waals surface area contributed by atoms with Crippen molar-refractivity contribution >= 4 is 17.6 Å². The molecule has 0 spiro atoms. The van der Waals surface area contributed by atoms with Gasteiger partial charge in [0.2, 0.25) is 11.8 Å². The first-order valence-corrected chi connectivity index (χ1v) is 9.77. The molecule has 150 valence electrons. The third-order valence-electron chi connectivity index (χ3n) is 5.01. The van der Waals surface area contributed by atoms with Gasteiger partial charge in [0.05, 0.1) is 0 Å². The van der Waals surface area contributed by atoms with Gasteiger partial charge in [0.15, 0.2) is 5.82 Å². The average molecular weight is 384 g/mol. The molecule has 1 aromatic heterocycles. The summed E-state index contributed by atoms with van der Waals surface area (Å²) < 4.78 is 5.05. The van der Waals surface area contributed by atoms with Crippen molar-refractivity contribution in [3.05, 3.63) is 47.7 Å². The van der Waals surface area contributed by atoms with E-state index >= 15 is 0 Å². The summed E-state index contributed by atoms with van der Waals surface area (Å²) in [4.78, 5) is 27.2. The maximum atomic E-state index is 13.1. The average Bonchev–Trinajstić information content (AvgIpc) is 3.08. The first kappa shape index (κ1) is 20.1. The van der Waals surface area contributed by atoms with Crippen molar-refractivity contribution in [1.29, 1.82) is 0 Å². The van der Waals surface area contributed by atoms with E-state index in [1.165, 1.54) is 0 Å². The summed E-state index contributed by atoms with van der Waals surface area (Å²) in [7, 11) is 0. The lowest BCUT2D eigenvalue weighted by atomic mass is 9.98. The van der Waals surface area contributed by atoms with Crippen LogP contribution in [0.4, 0.5) is 5.82 Å². The maximum absolute atomic E-state index is 13.1. The molecule has 3 rings (SSSR count). The highest BCUT2D eigenvalue weighted by atomic mass is 16.5. The fourth-order valence-corrected chi connectivity index (χ4v) is 3.45. The minimum Gasteiger partial charge on any atom is -0.360 e. The van der Waals surface area contributed by atoms with Crippen molar-refractivity contribution in [2.75, 3.05) is 18.4 Å². The molecule has 1 atom stereocenters. The lowest BCUT2D eigenvalue weighted by Gasteiger charge is -2.37. The van der Waals surface area contributed by atoms with Crippen LogP contribution in [0.5, 0.6) is 0 Å². The minimum atomic E-state index is -0.417. The highest BCUT2D eigenvalue weighted by molar-refractivity contribution is 5.94. The Labute approximate surface area is 165 Å². The molecule has 2 amide bonds. The topological polar surface area (TPSA) is 87.5 Å². The number of benzene rings is 1.